The highest BCUT2D eigenvalue weighted by Gasteiger charge is 2.11. The summed E-state index contributed by atoms with van der Waals surface area (Å²) in [6.07, 6.45) is 1.55. The molecule has 0 fully saturated rings. The quantitative estimate of drug-likeness (QED) is 0.309. The van der Waals surface area contributed by atoms with E-state index in [1.807, 2.05) is 24.3 Å². The third kappa shape index (κ3) is 4.41. The molecule has 2 aromatic heterocycles. The summed E-state index contributed by atoms with van der Waals surface area (Å²) in [7, 11) is 0. The van der Waals surface area contributed by atoms with Crippen molar-refractivity contribution in [1.29, 1.82) is 0 Å². The average Bonchev–Trinajstić information content (AvgIpc) is 3.21. The van der Waals surface area contributed by atoms with Crippen molar-refractivity contribution in [2.75, 3.05) is 10.6 Å². The molecule has 10 heteroatoms. The van der Waals surface area contributed by atoms with Crippen LogP contribution in [-0.4, -0.2) is 24.9 Å². The van der Waals surface area contributed by atoms with Gasteiger partial charge < -0.3 is 15.6 Å². The standard InChI is InChI=1S/C19H16ClN7O2/c20-14-5-1-12(2-6-14)10-22-19-25-17(16-18(26-19)24-11-23-16)21-9-13-3-7-15(8-4-13)27(28)29/h1-8,11H,9-10H2,(H3,21,22,23,24,25,26). The van der Waals surface area contributed by atoms with Gasteiger partial charge in [-0.2, -0.15) is 9.97 Å². The number of halogens is 1. The Bertz CT molecular complexity index is 1140. The number of aromatic amines is 1. The van der Waals surface area contributed by atoms with Crippen LogP contribution in [0.3, 0.4) is 0 Å². The molecule has 0 saturated carbocycles. The van der Waals surface area contributed by atoms with Gasteiger partial charge >= 0.3 is 0 Å². The third-order valence-corrected chi connectivity index (χ3v) is 4.51. The summed E-state index contributed by atoms with van der Waals surface area (Å²) >= 11 is 5.91. The molecule has 0 aliphatic rings. The van der Waals surface area contributed by atoms with Gasteiger partial charge in [0.2, 0.25) is 5.95 Å². The van der Waals surface area contributed by atoms with Crippen molar-refractivity contribution in [3.05, 3.63) is 81.1 Å². The number of rotatable bonds is 7. The number of nitro benzene ring substituents is 1. The van der Waals surface area contributed by atoms with Crippen LogP contribution in [-0.2, 0) is 13.1 Å². The van der Waals surface area contributed by atoms with Gasteiger partial charge in [-0.15, -0.1) is 0 Å². The Morgan fingerprint density at radius 3 is 2.31 bits per heavy atom. The van der Waals surface area contributed by atoms with Gasteiger partial charge in [-0.05, 0) is 23.3 Å². The highest BCUT2D eigenvalue weighted by atomic mass is 35.5. The van der Waals surface area contributed by atoms with E-state index in [4.69, 9.17) is 11.6 Å². The zero-order valence-electron chi connectivity index (χ0n) is 15.1. The van der Waals surface area contributed by atoms with Crippen molar-refractivity contribution >= 4 is 40.2 Å². The Morgan fingerprint density at radius 1 is 0.966 bits per heavy atom. The number of H-pyrrole nitrogens is 1. The average molecular weight is 410 g/mol. The number of nitro groups is 1. The molecule has 9 nitrogen and oxygen atoms in total. The monoisotopic (exact) mass is 409 g/mol. The van der Waals surface area contributed by atoms with E-state index in [0.29, 0.717) is 41.0 Å². The Labute approximate surface area is 170 Å². The zero-order valence-corrected chi connectivity index (χ0v) is 15.8. The predicted octanol–water partition coefficient (Wildman–Crippen LogP) is 4.14. The first-order valence-electron chi connectivity index (χ1n) is 8.75. The Hall–Kier alpha value is -3.72. The molecular formula is C19H16ClN7O2. The molecule has 0 radical (unpaired) electrons. The fourth-order valence-electron chi connectivity index (χ4n) is 2.74. The van der Waals surface area contributed by atoms with E-state index in [-0.39, 0.29) is 5.69 Å². The maximum absolute atomic E-state index is 10.8. The van der Waals surface area contributed by atoms with Gasteiger partial charge in [-0.3, -0.25) is 10.1 Å². The molecule has 2 aromatic carbocycles. The van der Waals surface area contributed by atoms with E-state index in [2.05, 4.69) is 30.6 Å². The second-order valence-corrected chi connectivity index (χ2v) is 6.69. The van der Waals surface area contributed by atoms with Gasteiger partial charge in [0, 0.05) is 30.2 Å². The summed E-state index contributed by atoms with van der Waals surface area (Å²) in [5.74, 6) is 1.02. The molecule has 4 rings (SSSR count). The normalized spacial score (nSPS) is 10.8. The number of hydrogen-bond acceptors (Lipinski definition) is 7. The lowest BCUT2D eigenvalue weighted by atomic mass is 10.2. The number of nitrogens with one attached hydrogen (secondary N) is 3. The molecule has 4 aromatic rings. The number of fused-ring (bicyclic) bond motifs is 1. The molecule has 0 unspecified atom stereocenters. The number of non-ortho nitro benzene ring substituents is 1. The summed E-state index contributed by atoms with van der Waals surface area (Å²) < 4.78 is 0. The number of anilines is 2. The maximum atomic E-state index is 10.8. The largest absolute Gasteiger partial charge is 0.364 e. The minimum atomic E-state index is -0.422. The van der Waals surface area contributed by atoms with Crippen LogP contribution >= 0.6 is 11.6 Å². The zero-order chi connectivity index (χ0) is 20.2. The molecule has 146 valence electrons. The molecule has 0 saturated heterocycles. The van der Waals surface area contributed by atoms with Crippen molar-refractivity contribution < 1.29 is 4.92 Å². The van der Waals surface area contributed by atoms with Crippen molar-refractivity contribution in [3.8, 4) is 0 Å². The number of nitrogens with zero attached hydrogens (tertiary/aromatic N) is 4. The van der Waals surface area contributed by atoms with E-state index in [1.165, 1.54) is 12.1 Å². The predicted molar refractivity (Wildman–Crippen MR) is 111 cm³/mol. The minimum Gasteiger partial charge on any atom is -0.364 e. The fraction of sp³-hybridized carbons (Fsp3) is 0.105. The topological polar surface area (TPSA) is 122 Å². The van der Waals surface area contributed by atoms with Crippen LogP contribution in [0.15, 0.2) is 54.9 Å². The summed E-state index contributed by atoms with van der Waals surface area (Å²) in [6, 6.07) is 13.9. The second kappa shape index (κ2) is 8.11. The first kappa shape index (κ1) is 18.6. The van der Waals surface area contributed by atoms with Crippen molar-refractivity contribution in [2.45, 2.75) is 13.1 Å². The Kier molecular flexibility index (Phi) is 5.21. The van der Waals surface area contributed by atoms with Crippen LogP contribution in [0.4, 0.5) is 17.5 Å². The number of hydrogen-bond donors (Lipinski definition) is 3. The van der Waals surface area contributed by atoms with Crippen LogP contribution in [0.5, 0.6) is 0 Å². The van der Waals surface area contributed by atoms with Gasteiger partial charge in [0.1, 0.15) is 5.52 Å². The smallest absolute Gasteiger partial charge is 0.269 e. The minimum absolute atomic E-state index is 0.0560. The van der Waals surface area contributed by atoms with E-state index >= 15 is 0 Å². The summed E-state index contributed by atoms with van der Waals surface area (Å²) in [5, 5.41) is 17.9. The van der Waals surface area contributed by atoms with Gasteiger partial charge in [0.15, 0.2) is 11.5 Å². The fourth-order valence-corrected chi connectivity index (χ4v) is 2.87. The van der Waals surface area contributed by atoms with Crippen LogP contribution in [0.2, 0.25) is 5.02 Å². The first-order valence-corrected chi connectivity index (χ1v) is 9.13. The SMILES string of the molecule is O=[N+]([O-])c1ccc(CNc2nc(NCc3ccc(Cl)cc3)nc3nc[nH]c23)cc1. The molecule has 29 heavy (non-hydrogen) atoms. The number of benzene rings is 2. The lowest BCUT2D eigenvalue weighted by Gasteiger charge is -2.10. The lowest BCUT2D eigenvalue weighted by molar-refractivity contribution is -0.384. The number of imidazole rings is 1. The van der Waals surface area contributed by atoms with E-state index in [9.17, 15) is 10.1 Å². The Balaban J connectivity index is 1.50. The van der Waals surface area contributed by atoms with Crippen LogP contribution in [0.25, 0.3) is 11.2 Å². The van der Waals surface area contributed by atoms with Crippen LogP contribution in [0, 0.1) is 10.1 Å². The molecule has 0 bridgehead atoms. The summed E-state index contributed by atoms with van der Waals surface area (Å²) in [4.78, 5) is 26.5. The van der Waals surface area contributed by atoms with Crippen molar-refractivity contribution in [3.63, 3.8) is 0 Å². The van der Waals surface area contributed by atoms with Crippen molar-refractivity contribution in [2.24, 2.45) is 0 Å². The van der Waals surface area contributed by atoms with Crippen LogP contribution < -0.4 is 10.6 Å². The molecule has 3 N–H and O–H groups in total. The van der Waals surface area contributed by atoms with Crippen molar-refractivity contribution in [1.82, 2.24) is 19.9 Å². The highest BCUT2D eigenvalue weighted by molar-refractivity contribution is 6.30. The summed E-state index contributed by atoms with van der Waals surface area (Å²) in [5.41, 5.74) is 3.20. The van der Waals surface area contributed by atoms with Gasteiger partial charge in [-0.1, -0.05) is 35.9 Å². The molecule has 0 spiro atoms. The van der Waals surface area contributed by atoms with Gasteiger partial charge in [0.25, 0.3) is 5.69 Å². The van der Waals surface area contributed by atoms with E-state index in [0.717, 1.165) is 11.1 Å². The van der Waals surface area contributed by atoms with Crippen LogP contribution in [0.1, 0.15) is 11.1 Å². The van der Waals surface area contributed by atoms with E-state index in [1.54, 1.807) is 18.5 Å². The first-order chi connectivity index (χ1) is 14.1. The highest BCUT2D eigenvalue weighted by Crippen LogP contribution is 2.20. The molecule has 0 atom stereocenters. The van der Waals surface area contributed by atoms with Gasteiger partial charge in [0.05, 0.1) is 11.3 Å². The molecule has 0 aliphatic heterocycles. The Morgan fingerprint density at radius 2 is 1.62 bits per heavy atom. The van der Waals surface area contributed by atoms with Gasteiger partial charge in [-0.25, -0.2) is 4.98 Å². The van der Waals surface area contributed by atoms with E-state index < -0.39 is 4.92 Å². The molecule has 2 heterocycles. The molecule has 0 amide bonds. The molecular weight excluding hydrogens is 394 g/mol. The third-order valence-electron chi connectivity index (χ3n) is 4.26. The second-order valence-electron chi connectivity index (χ2n) is 6.25. The molecule has 0 aliphatic carbocycles. The lowest BCUT2D eigenvalue weighted by Crippen LogP contribution is -2.08. The summed E-state index contributed by atoms with van der Waals surface area (Å²) in [6.45, 7) is 0.981. The number of aromatic nitrogens is 4. The maximum Gasteiger partial charge on any atom is 0.269 e.